The van der Waals surface area contributed by atoms with Crippen molar-refractivity contribution < 1.29 is 14.4 Å². The summed E-state index contributed by atoms with van der Waals surface area (Å²) in [5.41, 5.74) is 1.38. The Labute approximate surface area is 148 Å². The number of thiophene rings is 1. The minimum Gasteiger partial charge on any atom is -0.465 e. The number of likely N-dealkylation sites (N-methyl/N-ethyl adjacent to an activating group) is 1. The zero-order chi connectivity index (χ0) is 16.4. The topological polar surface area (TPSA) is 56.5 Å². The highest BCUT2D eigenvalue weighted by molar-refractivity contribution is 8.00. The van der Waals surface area contributed by atoms with E-state index in [0.717, 1.165) is 39.9 Å². The van der Waals surface area contributed by atoms with E-state index in [1.165, 1.54) is 38.9 Å². The van der Waals surface area contributed by atoms with E-state index in [1.54, 1.807) is 11.3 Å². The van der Waals surface area contributed by atoms with Crippen LogP contribution in [0.25, 0.3) is 10.2 Å². The van der Waals surface area contributed by atoms with Gasteiger partial charge in [0.05, 0.1) is 30.8 Å². The van der Waals surface area contributed by atoms with Crippen LogP contribution in [0, 0.1) is 0 Å². The summed E-state index contributed by atoms with van der Waals surface area (Å²) >= 11 is 4.78. The van der Waals surface area contributed by atoms with Crippen LogP contribution >= 0.6 is 34.9 Å². The Morgan fingerprint density at radius 3 is 3.00 bits per heavy atom. The van der Waals surface area contributed by atoms with Gasteiger partial charge in [0, 0.05) is 11.8 Å². The molecule has 0 saturated heterocycles. The van der Waals surface area contributed by atoms with Crippen LogP contribution in [-0.4, -0.2) is 48.1 Å². The molecule has 2 aromatic rings. The Morgan fingerprint density at radius 2 is 2.26 bits per heavy atom. The van der Waals surface area contributed by atoms with Crippen molar-refractivity contribution in [2.24, 2.45) is 0 Å². The van der Waals surface area contributed by atoms with Crippen molar-refractivity contribution in [3.63, 3.8) is 0 Å². The number of thioether (sulfide) groups is 2. The number of carbonyl (C=O) groups excluding carboxylic acids is 1. The molecule has 5 nitrogen and oxygen atoms in total. The minimum absolute atomic E-state index is 0.191. The molecule has 8 heteroatoms. The van der Waals surface area contributed by atoms with Crippen LogP contribution in [0.2, 0.25) is 0 Å². The van der Waals surface area contributed by atoms with Gasteiger partial charge in [0.1, 0.15) is 16.4 Å². The molecule has 0 aromatic carbocycles. The second kappa shape index (κ2) is 7.38. The number of esters is 1. The maximum Gasteiger partial charge on any atom is 0.316 e. The van der Waals surface area contributed by atoms with E-state index in [4.69, 9.17) is 4.74 Å². The van der Waals surface area contributed by atoms with Crippen molar-refractivity contribution in [2.75, 3.05) is 32.2 Å². The predicted molar refractivity (Wildman–Crippen MR) is 95.7 cm³/mol. The van der Waals surface area contributed by atoms with Gasteiger partial charge in [-0.1, -0.05) is 23.5 Å². The maximum absolute atomic E-state index is 11.7. The largest absolute Gasteiger partial charge is 0.465 e. The number of quaternary nitrogens is 1. The second-order valence-electron chi connectivity index (χ2n) is 5.43. The van der Waals surface area contributed by atoms with Gasteiger partial charge in [-0.15, -0.1) is 11.3 Å². The first-order chi connectivity index (χ1) is 11.1. The van der Waals surface area contributed by atoms with E-state index in [-0.39, 0.29) is 5.97 Å². The van der Waals surface area contributed by atoms with Crippen molar-refractivity contribution in [1.29, 1.82) is 0 Å². The van der Waals surface area contributed by atoms with Gasteiger partial charge in [0.25, 0.3) is 0 Å². The van der Waals surface area contributed by atoms with Crippen LogP contribution in [0.3, 0.4) is 0 Å². The quantitative estimate of drug-likeness (QED) is 0.374. The van der Waals surface area contributed by atoms with Gasteiger partial charge >= 0.3 is 5.97 Å². The summed E-state index contributed by atoms with van der Waals surface area (Å²) in [5, 5.41) is 2.84. The molecule has 0 fully saturated rings. The lowest BCUT2D eigenvalue weighted by Crippen LogP contribution is -3.08. The number of nitrogens with zero attached hydrogens (tertiary/aromatic N) is 2. The molecule has 124 valence electrons. The molecular weight excluding hydrogens is 350 g/mol. The number of hydrogen-bond acceptors (Lipinski definition) is 7. The van der Waals surface area contributed by atoms with Crippen LogP contribution < -0.4 is 4.90 Å². The summed E-state index contributed by atoms with van der Waals surface area (Å²) < 4.78 is 5.03. The molecule has 3 rings (SSSR count). The molecular formula is C15H20N3O2S3+. The van der Waals surface area contributed by atoms with Crippen molar-refractivity contribution in [3.8, 4) is 0 Å². The Morgan fingerprint density at radius 1 is 1.43 bits per heavy atom. The molecule has 2 aromatic heterocycles. The first-order valence-corrected chi connectivity index (χ1v) is 10.6. The molecule has 3 heterocycles. The fraction of sp³-hybridized carbons (Fsp3) is 0.533. The summed E-state index contributed by atoms with van der Waals surface area (Å²) in [6.45, 7) is 4.42. The lowest BCUT2D eigenvalue weighted by molar-refractivity contribution is -0.895. The average molecular weight is 371 g/mol. The summed E-state index contributed by atoms with van der Waals surface area (Å²) in [6, 6.07) is 0. The average Bonchev–Trinajstić information content (AvgIpc) is 2.89. The van der Waals surface area contributed by atoms with Gasteiger partial charge in [-0.05, 0) is 18.7 Å². The highest BCUT2D eigenvalue weighted by Crippen LogP contribution is 2.37. The predicted octanol–water partition coefficient (Wildman–Crippen LogP) is 1.64. The van der Waals surface area contributed by atoms with E-state index in [1.807, 2.05) is 13.2 Å². The smallest absolute Gasteiger partial charge is 0.316 e. The fourth-order valence-electron chi connectivity index (χ4n) is 2.69. The van der Waals surface area contributed by atoms with Crippen molar-refractivity contribution in [3.05, 3.63) is 10.4 Å². The molecule has 0 aliphatic carbocycles. The van der Waals surface area contributed by atoms with E-state index >= 15 is 0 Å². The minimum atomic E-state index is -0.191. The third-order valence-electron chi connectivity index (χ3n) is 3.76. The molecule has 23 heavy (non-hydrogen) atoms. The van der Waals surface area contributed by atoms with Gasteiger partial charge < -0.3 is 9.64 Å². The van der Waals surface area contributed by atoms with Crippen LogP contribution in [0.5, 0.6) is 0 Å². The van der Waals surface area contributed by atoms with Crippen LogP contribution in [0.4, 0.5) is 0 Å². The molecule has 1 aliphatic rings. The molecule has 1 N–H and O–H groups in total. The molecule has 0 radical (unpaired) electrons. The van der Waals surface area contributed by atoms with E-state index in [9.17, 15) is 4.79 Å². The highest BCUT2D eigenvalue weighted by atomic mass is 32.2. The zero-order valence-corrected chi connectivity index (χ0v) is 15.9. The molecule has 1 aliphatic heterocycles. The maximum atomic E-state index is 11.7. The molecule has 0 bridgehead atoms. The Hall–Kier alpha value is -0.830. The number of hydrogen-bond donors (Lipinski definition) is 1. The fourth-order valence-corrected chi connectivity index (χ4v) is 5.42. The van der Waals surface area contributed by atoms with E-state index in [0.29, 0.717) is 12.4 Å². The summed E-state index contributed by atoms with van der Waals surface area (Å²) in [7, 11) is 2.22. The Bertz CT molecular complexity index is 732. The number of rotatable bonds is 5. The van der Waals surface area contributed by atoms with E-state index in [2.05, 4.69) is 17.0 Å². The van der Waals surface area contributed by atoms with Crippen LogP contribution in [0.1, 0.15) is 17.4 Å². The number of fused-ring (bicyclic) bond motifs is 3. The number of carbonyl (C=O) groups is 1. The third-order valence-corrected chi connectivity index (χ3v) is 6.38. The molecule has 0 spiro atoms. The molecule has 1 atom stereocenters. The Balaban J connectivity index is 1.99. The Kier molecular flexibility index (Phi) is 5.45. The molecule has 0 amide bonds. The normalized spacial score (nSPS) is 17.3. The number of nitrogens with one attached hydrogen (secondary N) is 1. The first-order valence-electron chi connectivity index (χ1n) is 7.58. The summed E-state index contributed by atoms with van der Waals surface area (Å²) in [6.07, 6.45) is 3.03. The second-order valence-corrected chi connectivity index (χ2v) is 8.25. The van der Waals surface area contributed by atoms with Crippen molar-refractivity contribution in [1.82, 2.24) is 9.97 Å². The van der Waals surface area contributed by atoms with Gasteiger partial charge in [-0.3, -0.25) is 4.79 Å². The van der Waals surface area contributed by atoms with E-state index < -0.39 is 0 Å². The molecule has 1 unspecified atom stereocenters. The first kappa shape index (κ1) is 17.0. The monoisotopic (exact) mass is 370 g/mol. The van der Waals surface area contributed by atoms with Crippen molar-refractivity contribution in [2.45, 2.75) is 30.1 Å². The van der Waals surface area contributed by atoms with Crippen molar-refractivity contribution >= 4 is 51.0 Å². The van der Waals surface area contributed by atoms with Gasteiger partial charge in [-0.2, -0.15) is 0 Å². The standard InChI is InChI=1S/C15H19N3O2S3/c1-4-20-11(19)8-22-13-12-9-5-6-18(2)7-10(9)23-14(12)17-15(16-13)21-3/h4-8H2,1-3H3/p+1. The summed E-state index contributed by atoms with van der Waals surface area (Å²) in [4.78, 5) is 25.0. The lowest BCUT2D eigenvalue weighted by atomic mass is 10.1. The van der Waals surface area contributed by atoms with Crippen LogP contribution in [-0.2, 0) is 22.5 Å². The van der Waals surface area contributed by atoms with Crippen LogP contribution in [0.15, 0.2) is 10.2 Å². The van der Waals surface area contributed by atoms with Gasteiger partial charge in [-0.25, -0.2) is 9.97 Å². The number of ether oxygens (including phenoxy) is 1. The number of aromatic nitrogens is 2. The summed E-state index contributed by atoms with van der Waals surface area (Å²) in [5.74, 6) is 0.104. The zero-order valence-electron chi connectivity index (χ0n) is 13.5. The highest BCUT2D eigenvalue weighted by Gasteiger charge is 2.25. The lowest BCUT2D eigenvalue weighted by Gasteiger charge is -2.19. The SMILES string of the molecule is CCOC(=O)CSc1nc(SC)nc2sc3c(c12)CC[NH+](C)C3. The third kappa shape index (κ3) is 3.65. The van der Waals surface area contributed by atoms with Gasteiger partial charge in [0.2, 0.25) is 0 Å². The van der Waals surface area contributed by atoms with Gasteiger partial charge in [0.15, 0.2) is 5.16 Å². The molecule has 0 saturated carbocycles.